The number of hydrogen-bond acceptors (Lipinski definition) is 3. The lowest BCUT2D eigenvalue weighted by Crippen LogP contribution is -2.43. The number of benzene rings is 2. The quantitative estimate of drug-likeness (QED) is 0.755. The Morgan fingerprint density at radius 3 is 2.54 bits per heavy atom. The number of rotatable bonds is 3. The topological polar surface area (TPSA) is 87.3 Å². The summed E-state index contributed by atoms with van der Waals surface area (Å²) in [5, 5.41) is 7.96. The summed E-state index contributed by atoms with van der Waals surface area (Å²) in [5.74, 6) is -1.16. The van der Waals surface area contributed by atoms with E-state index in [0.29, 0.717) is 16.9 Å². The first-order valence-electron chi connectivity index (χ1n) is 7.29. The maximum Gasteiger partial charge on any atom is 0.254 e. The molecule has 3 rings (SSSR count). The van der Waals surface area contributed by atoms with Crippen molar-refractivity contribution in [1.82, 2.24) is 5.32 Å². The van der Waals surface area contributed by atoms with Gasteiger partial charge in [0, 0.05) is 10.2 Å². The van der Waals surface area contributed by atoms with E-state index in [1.54, 1.807) is 48.5 Å². The van der Waals surface area contributed by atoms with E-state index in [-0.39, 0.29) is 18.2 Å². The zero-order chi connectivity index (χ0) is 17.1. The number of anilines is 2. The van der Waals surface area contributed by atoms with Crippen molar-refractivity contribution in [2.24, 2.45) is 0 Å². The molecule has 0 spiro atoms. The van der Waals surface area contributed by atoms with Crippen molar-refractivity contribution in [2.45, 2.75) is 12.5 Å². The van der Waals surface area contributed by atoms with Crippen molar-refractivity contribution in [1.29, 1.82) is 0 Å². The van der Waals surface area contributed by atoms with Crippen LogP contribution in [0.5, 0.6) is 0 Å². The highest BCUT2D eigenvalue weighted by atomic mass is 79.9. The number of halogens is 1. The van der Waals surface area contributed by atoms with Gasteiger partial charge in [-0.2, -0.15) is 0 Å². The van der Waals surface area contributed by atoms with E-state index in [1.165, 1.54) is 0 Å². The summed E-state index contributed by atoms with van der Waals surface area (Å²) >= 11 is 3.32. The molecule has 0 saturated carbocycles. The van der Waals surface area contributed by atoms with Crippen molar-refractivity contribution in [3.05, 3.63) is 58.6 Å². The minimum atomic E-state index is -0.930. The Bertz CT molecular complexity index is 805. The second kappa shape index (κ2) is 6.84. The van der Waals surface area contributed by atoms with Gasteiger partial charge in [0.2, 0.25) is 11.8 Å². The predicted molar refractivity (Wildman–Crippen MR) is 93.7 cm³/mol. The summed E-state index contributed by atoms with van der Waals surface area (Å²) in [6.07, 6.45) is -0.151. The van der Waals surface area contributed by atoms with Crippen LogP contribution in [0.15, 0.2) is 53.0 Å². The lowest BCUT2D eigenvalue weighted by Gasteiger charge is -2.14. The van der Waals surface area contributed by atoms with Gasteiger partial charge in [0.05, 0.1) is 17.7 Å². The van der Waals surface area contributed by atoms with E-state index >= 15 is 0 Å². The highest BCUT2D eigenvalue weighted by molar-refractivity contribution is 9.10. The van der Waals surface area contributed by atoms with Crippen LogP contribution >= 0.6 is 15.9 Å². The minimum absolute atomic E-state index is 0.151. The monoisotopic (exact) mass is 387 g/mol. The summed E-state index contributed by atoms with van der Waals surface area (Å²) in [7, 11) is 0. The van der Waals surface area contributed by atoms with E-state index in [1.807, 2.05) is 0 Å². The molecule has 1 aliphatic rings. The highest BCUT2D eigenvalue weighted by Gasteiger charge is 2.29. The lowest BCUT2D eigenvalue weighted by atomic mass is 10.1. The largest absolute Gasteiger partial charge is 0.340 e. The number of fused-ring (bicyclic) bond motifs is 1. The van der Waals surface area contributed by atoms with E-state index in [4.69, 9.17) is 0 Å². The highest BCUT2D eigenvalue weighted by Crippen LogP contribution is 2.19. The van der Waals surface area contributed by atoms with Gasteiger partial charge in [0.1, 0.15) is 6.04 Å². The van der Waals surface area contributed by atoms with Crippen molar-refractivity contribution in [2.75, 3.05) is 10.6 Å². The summed E-state index contributed by atoms with van der Waals surface area (Å²) < 4.78 is 0.897. The molecule has 3 amide bonds. The molecule has 0 radical (unpaired) electrons. The van der Waals surface area contributed by atoms with E-state index in [2.05, 4.69) is 31.9 Å². The third-order valence-corrected chi connectivity index (χ3v) is 4.10. The fourth-order valence-electron chi connectivity index (χ4n) is 2.39. The first kappa shape index (κ1) is 16.2. The third kappa shape index (κ3) is 3.62. The fourth-order valence-corrected chi connectivity index (χ4v) is 2.65. The molecule has 0 unspecified atom stereocenters. The maximum absolute atomic E-state index is 12.2. The molecule has 2 aromatic carbocycles. The number of carbonyl (C=O) groups excluding carboxylic acids is 3. The maximum atomic E-state index is 12.2. The van der Waals surface area contributed by atoms with Gasteiger partial charge >= 0.3 is 0 Å². The van der Waals surface area contributed by atoms with E-state index in [9.17, 15) is 14.4 Å². The van der Waals surface area contributed by atoms with Crippen molar-refractivity contribution in [3.8, 4) is 0 Å². The normalized spacial score (nSPS) is 16.5. The summed E-state index contributed by atoms with van der Waals surface area (Å²) in [5.41, 5.74) is 1.43. The van der Waals surface area contributed by atoms with Gasteiger partial charge in [0.15, 0.2) is 0 Å². The molecule has 1 aliphatic heterocycles. The van der Waals surface area contributed by atoms with E-state index in [0.717, 1.165) is 4.47 Å². The Morgan fingerprint density at radius 1 is 1.08 bits per heavy atom. The molecule has 0 saturated heterocycles. The van der Waals surface area contributed by atoms with Gasteiger partial charge in [-0.15, -0.1) is 0 Å². The summed E-state index contributed by atoms with van der Waals surface area (Å²) in [4.78, 5) is 36.6. The molecule has 1 heterocycles. The van der Waals surface area contributed by atoms with Gasteiger partial charge < -0.3 is 16.0 Å². The van der Waals surface area contributed by atoms with Gasteiger partial charge in [0.25, 0.3) is 5.91 Å². The molecule has 1 atom stereocenters. The molecule has 0 bridgehead atoms. The average molecular weight is 388 g/mol. The minimum Gasteiger partial charge on any atom is -0.340 e. The van der Waals surface area contributed by atoms with Crippen LogP contribution in [0.4, 0.5) is 11.4 Å². The summed E-state index contributed by atoms with van der Waals surface area (Å²) in [6, 6.07) is 12.9. The Balaban J connectivity index is 1.69. The molecule has 0 fully saturated rings. The van der Waals surface area contributed by atoms with Crippen LogP contribution in [0.3, 0.4) is 0 Å². The van der Waals surface area contributed by atoms with Gasteiger partial charge in [-0.05, 0) is 36.4 Å². The zero-order valence-corrected chi connectivity index (χ0v) is 14.1. The number of para-hydroxylation sites is 1. The van der Waals surface area contributed by atoms with Crippen LogP contribution in [-0.4, -0.2) is 23.8 Å². The first-order valence-corrected chi connectivity index (χ1v) is 8.08. The molecule has 0 aromatic heterocycles. The standard InChI is InChI=1S/C17H14BrN3O3/c18-10-5-7-11(8-6-10)19-15(22)9-14-17(24)20-13-4-2-1-3-12(13)16(23)21-14/h1-8,14H,9H2,(H,19,22)(H,20,24)(H,21,23)/t14-/m1/s1. The molecular weight excluding hydrogens is 374 g/mol. The molecule has 6 nitrogen and oxygen atoms in total. The average Bonchev–Trinajstić information content (AvgIpc) is 2.67. The zero-order valence-electron chi connectivity index (χ0n) is 12.5. The van der Waals surface area contributed by atoms with Crippen molar-refractivity contribution >= 4 is 45.0 Å². The van der Waals surface area contributed by atoms with Crippen LogP contribution in [-0.2, 0) is 9.59 Å². The van der Waals surface area contributed by atoms with Crippen LogP contribution in [0.2, 0.25) is 0 Å². The Kier molecular flexibility index (Phi) is 4.61. The predicted octanol–water partition coefficient (Wildman–Crippen LogP) is 2.53. The Hall–Kier alpha value is -2.67. The van der Waals surface area contributed by atoms with Crippen LogP contribution in [0, 0.1) is 0 Å². The number of amides is 3. The van der Waals surface area contributed by atoms with E-state index < -0.39 is 11.9 Å². The molecule has 0 aliphatic carbocycles. The van der Waals surface area contributed by atoms with Gasteiger partial charge in [-0.25, -0.2) is 0 Å². The molecular formula is C17H14BrN3O3. The number of carbonyl (C=O) groups is 3. The lowest BCUT2D eigenvalue weighted by molar-refractivity contribution is -0.122. The first-order chi connectivity index (χ1) is 11.5. The second-order valence-electron chi connectivity index (χ2n) is 5.32. The van der Waals surface area contributed by atoms with Crippen molar-refractivity contribution < 1.29 is 14.4 Å². The number of nitrogens with one attached hydrogen (secondary N) is 3. The SMILES string of the molecule is O=C(C[C@H]1NC(=O)c2ccccc2NC1=O)Nc1ccc(Br)cc1. The Morgan fingerprint density at radius 2 is 1.79 bits per heavy atom. The van der Waals surface area contributed by atoms with Gasteiger partial charge in [-0.3, -0.25) is 14.4 Å². The van der Waals surface area contributed by atoms with Crippen LogP contribution in [0.25, 0.3) is 0 Å². The summed E-state index contributed by atoms with van der Waals surface area (Å²) in [6.45, 7) is 0. The number of hydrogen-bond donors (Lipinski definition) is 3. The third-order valence-electron chi connectivity index (χ3n) is 3.57. The molecule has 3 N–H and O–H groups in total. The molecule has 2 aromatic rings. The second-order valence-corrected chi connectivity index (χ2v) is 6.24. The molecule has 24 heavy (non-hydrogen) atoms. The van der Waals surface area contributed by atoms with Crippen LogP contribution < -0.4 is 16.0 Å². The fraction of sp³-hybridized carbons (Fsp3) is 0.118. The Labute approximate surface area is 146 Å². The molecule has 7 heteroatoms. The smallest absolute Gasteiger partial charge is 0.254 e. The molecule has 122 valence electrons. The van der Waals surface area contributed by atoms with Crippen molar-refractivity contribution in [3.63, 3.8) is 0 Å². The van der Waals surface area contributed by atoms with Crippen LogP contribution in [0.1, 0.15) is 16.8 Å². The van der Waals surface area contributed by atoms with Gasteiger partial charge in [-0.1, -0.05) is 28.1 Å².